The molecule has 0 aliphatic carbocycles. The van der Waals surface area contributed by atoms with E-state index >= 15 is 0 Å². The van der Waals surface area contributed by atoms with Crippen LogP contribution in [0.15, 0.2) is 30.3 Å². The van der Waals surface area contributed by atoms with E-state index in [4.69, 9.17) is 16.3 Å². The van der Waals surface area contributed by atoms with Crippen molar-refractivity contribution < 1.29 is 27.8 Å². The van der Waals surface area contributed by atoms with Crippen LogP contribution in [0, 0.1) is 0 Å². The molecule has 4 N–H and O–H groups in total. The molecule has 0 saturated carbocycles. The molecule has 0 bridgehead atoms. The highest BCUT2D eigenvalue weighted by Gasteiger charge is 2.48. The van der Waals surface area contributed by atoms with E-state index in [1.165, 1.54) is 11.2 Å². The summed E-state index contributed by atoms with van der Waals surface area (Å²) >= 11 is 6.18. The lowest BCUT2D eigenvalue weighted by Gasteiger charge is -2.38. The van der Waals surface area contributed by atoms with Gasteiger partial charge in [0, 0.05) is 23.3 Å². The van der Waals surface area contributed by atoms with E-state index in [1.807, 2.05) is 19.1 Å². The van der Waals surface area contributed by atoms with Gasteiger partial charge in [-0.3, -0.25) is 20.5 Å². The number of alkyl halides is 3. The fraction of sp³-hybridized carbons (Fsp3) is 0.480. The van der Waals surface area contributed by atoms with Crippen molar-refractivity contribution in [3.8, 4) is 5.75 Å². The van der Waals surface area contributed by atoms with Gasteiger partial charge >= 0.3 is 6.18 Å². The Kier molecular flexibility index (Phi) is 6.90. The summed E-state index contributed by atoms with van der Waals surface area (Å²) < 4.78 is 47.1. The van der Waals surface area contributed by atoms with Crippen LogP contribution in [0.1, 0.15) is 37.3 Å². The summed E-state index contributed by atoms with van der Waals surface area (Å²) in [6, 6.07) is 7.55. The van der Waals surface area contributed by atoms with Crippen molar-refractivity contribution in [2.75, 3.05) is 49.0 Å². The van der Waals surface area contributed by atoms with Crippen LogP contribution in [0.25, 0.3) is 0 Å². The summed E-state index contributed by atoms with van der Waals surface area (Å²) in [7, 11) is 0. The number of hydrogen-bond donors (Lipinski definition) is 4. The van der Waals surface area contributed by atoms with Gasteiger partial charge in [-0.1, -0.05) is 18.5 Å². The number of amides is 1. The number of hydrazine groups is 2. The number of benzene rings is 2. The van der Waals surface area contributed by atoms with Crippen molar-refractivity contribution in [1.29, 1.82) is 0 Å². The molecule has 0 radical (unpaired) electrons. The quantitative estimate of drug-likeness (QED) is 0.413. The van der Waals surface area contributed by atoms with E-state index in [0.717, 1.165) is 17.3 Å². The Bertz CT molecular complexity index is 1180. The Morgan fingerprint density at radius 1 is 1.16 bits per heavy atom. The third-order valence-corrected chi connectivity index (χ3v) is 7.74. The Morgan fingerprint density at radius 3 is 2.59 bits per heavy atom. The summed E-state index contributed by atoms with van der Waals surface area (Å²) in [5.74, 6) is 0.0895. The van der Waals surface area contributed by atoms with E-state index in [2.05, 4.69) is 21.1 Å². The molecule has 5 rings (SSSR count). The molecule has 2 aromatic carbocycles. The lowest BCUT2D eigenvalue weighted by molar-refractivity contribution is -0.137. The van der Waals surface area contributed by atoms with Crippen LogP contribution < -0.4 is 20.9 Å². The first kappa shape index (κ1) is 25.9. The standard InChI is InChI=1S/C25H29ClF3N5O3/c1-2-16(14-35)34-31-21-13-17(12-19(22(21)32-34)25(27,28)29)37-10-9-33-7-5-24(6-8-33)18-11-15(26)3-4-20(18)30-23(24)36/h3-4,11-13,16,31-32,35H,2,5-10,14H2,1H3,(H,30,36). The number of aliphatic hydroxyl groups is 1. The van der Waals surface area contributed by atoms with Gasteiger partial charge in [0.15, 0.2) is 0 Å². The molecule has 37 heavy (non-hydrogen) atoms. The molecule has 1 amide bonds. The fourth-order valence-electron chi connectivity index (χ4n) is 5.32. The van der Waals surface area contributed by atoms with E-state index in [0.29, 0.717) is 43.9 Å². The predicted molar refractivity (Wildman–Crippen MR) is 135 cm³/mol. The van der Waals surface area contributed by atoms with Crippen LogP contribution in [0.2, 0.25) is 5.02 Å². The van der Waals surface area contributed by atoms with Crippen LogP contribution in [0.5, 0.6) is 5.75 Å². The van der Waals surface area contributed by atoms with Crippen molar-refractivity contribution in [3.05, 3.63) is 46.5 Å². The van der Waals surface area contributed by atoms with Crippen molar-refractivity contribution in [3.63, 3.8) is 0 Å². The molecule has 1 fully saturated rings. The second-order valence-electron chi connectivity index (χ2n) is 9.65. The van der Waals surface area contributed by atoms with Crippen LogP contribution in [-0.2, 0) is 16.4 Å². The van der Waals surface area contributed by atoms with Crippen LogP contribution in [-0.4, -0.2) is 59.9 Å². The topological polar surface area (TPSA) is 89.1 Å². The zero-order chi connectivity index (χ0) is 26.4. The molecular formula is C25H29ClF3N5O3. The maximum absolute atomic E-state index is 13.8. The summed E-state index contributed by atoms with van der Waals surface area (Å²) in [5.41, 5.74) is 6.05. The maximum Gasteiger partial charge on any atom is 0.418 e. The van der Waals surface area contributed by atoms with Crippen molar-refractivity contribution in [2.45, 2.75) is 43.8 Å². The molecule has 1 saturated heterocycles. The average Bonchev–Trinajstić information content (AvgIpc) is 3.39. The number of halogens is 4. The SMILES string of the molecule is CCC(CO)N1Nc2cc(OCCN3CCC4(CC3)C(=O)Nc3ccc(Cl)cc34)cc(C(F)(F)F)c2N1. The minimum Gasteiger partial charge on any atom is -0.492 e. The summed E-state index contributed by atoms with van der Waals surface area (Å²) in [4.78, 5) is 15.0. The highest BCUT2D eigenvalue weighted by Crippen LogP contribution is 2.46. The van der Waals surface area contributed by atoms with E-state index in [9.17, 15) is 23.1 Å². The molecule has 12 heteroatoms. The van der Waals surface area contributed by atoms with Crippen LogP contribution in [0.3, 0.4) is 0 Å². The first-order valence-electron chi connectivity index (χ1n) is 12.3. The number of aliphatic hydroxyl groups excluding tert-OH is 1. The molecule has 3 aliphatic rings. The highest BCUT2D eigenvalue weighted by atomic mass is 35.5. The van der Waals surface area contributed by atoms with Gasteiger partial charge in [0.05, 0.1) is 35.0 Å². The fourth-order valence-corrected chi connectivity index (χ4v) is 5.49. The first-order chi connectivity index (χ1) is 17.6. The highest BCUT2D eigenvalue weighted by molar-refractivity contribution is 6.31. The second kappa shape index (κ2) is 9.86. The lowest BCUT2D eigenvalue weighted by Crippen LogP contribution is -2.47. The minimum absolute atomic E-state index is 0.0137. The number of carbonyl (C=O) groups is 1. The summed E-state index contributed by atoms with van der Waals surface area (Å²) in [6.07, 6.45) is -2.81. The Morgan fingerprint density at radius 2 is 1.92 bits per heavy atom. The van der Waals surface area contributed by atoms with Crippen LogP contribution >= 0.6 is 11.6 Å². The Hall–Kier alpha value is -2.73. The zero-order valence-electron chi connectivity index (χ0n) is 20.3. The molecule has 8 nitrogen and oxygen atoms in total. The zero-order valence-corrected chi connectivity index (χ0v) is 21.0. The van der Waals surface area contributed by atoms with Crippen molar-refractivity contribution >= 4 is 34.6 Å². The van der Waals surface area contributed by atoms with Crippen molar-refractivity contribution in [1.82, 2.24) is 10.0 Å². The predicted octanol–water partition coefficient (Wildman–Crippen LogP) is 4.46. The van der Waals surface area contributed by atoms with E-state index < -0.39 is 23.2 Å². The molecule has 1 atom stereocenters. The molecule has 2 aromatic rings. The van der Waals surface area contributed by atoms with Gasteiger partial charge in [0.25, 0.3) is 0 Å². The van der Waals surface area contributed by atoms with Gasteiger partial charge in [-0.05, 0) is 62.2 Å². The monoisotopic (exact) mass is 539 g/mol. The van der Waals surface area contributed by atoms with Crippen LogP contribution in [0.4, 0.5) is 30.2 Å². The molecule has 0 aromatic heterocycles. The Labute approximate surface area is 217 Å². The van der Waals surface area contributed by atoms with Gasteiger partial charge in [0.2, 0.25) is 5.91 Å². The summed E-state index contributed by atoms with van der Waals surface area (Å²) in [5, 5.41) is 14.5. The van der Waals surface area contributed by atoms with Gasteiger partial charge in [-0.2, -0.15) is 13.2 Å². The van der Waals surface area contributed by atoms with Crippen molar-refractivity contribution in [2.24, 2.45) is 0 Å². The number of piperidine rings is 1. The number of carbonyl (C=O) groups excluding carboxylic acids is 1. The first-order valence-corrected chi connectivity index (χ1v) is 12.7. The number of likely N-dealkylation sites (tertiary alicyclic amines) is 1. The number of rotatable bonds is 7. The molecule has 1 unspecified atom stereocenters. The third kappa shape index (κ3) is 4.81. The third-order valence-electron chi connectivity index (χ3n) is 7.50. The molecule has 1 spiro atoms. The number of nitrogens with zero attached hydrogens (tertiary/aromatic N) is 2. The molecule has 3 aliphatic heterocycles. The molecular weight excluding hydrogens is 511 g/mol. The number of hydrogen-bond acceptors (Lipinski definition) is 7. The number of nitrogens with one attached hydrogen (secondary N) is 3. The second-order valence-corrected chi connectivity index (χ2v) is 10.1. The van der Waals surface area contributed by atoms with E-state index in [-0.39, 0.29) is 36.2 Å². The normalized spacial score (nSPS) is 19.7. The molecule has 3 heterocycles. The van der Waals surface area contributed by atoms with Gasteiger partial charge in [-0.25, -0.2) is 0 Å². The largest absolute Gasteiger partial charge is 0.492 e. The van der Waals surface area contributed by atoms with Gasteiger partial charge < -0.3 is 15.2 Å². The van der Waals surface area contributed by atoms with Gasteiger partial charge in [0.1, 0.15) is 12.4 Å². The smallest absolute Gasteiger partial charge is 0.418 e. The van der Waals surface area contributed by atoms with E-state index in [1.54, 1.807) is 6.07 Å². The molecule has 200 valence electrons. The summed E-state index contributed by atoms with van der Waals surface area (Å²) in [6.45, 7) is 3.64. The number of ether oxygens (including phenoxy) is 1. The maximum atomic E-state index is 13.8. The number of fused-ring (bicyclic) bond motifs is 3. The average molecular weight is 540 g/mol. The minimum atomic E-state index is -4.59. The lowest BCUT2D eigenvalue weighted by atomic mass is 9.73. The Balaban J connectivity index is 1.22. The van der Waals surface area contributed by atoms with Gasteiger partial charge in [-0.15, -0.1) is 5.12 Å². The number of anilines is 3.